The van der Waals surface area contributed by atoms with Crippen molar-refractivity contribution in [1.29, 1.82) is 0 Å². The second-order valence-electron chi connectivity index (χ2n) is 5.91. The van der Waals surface area contributed by atoms with E-state index in [4.69, 9.17) is 4.74 Å². The Labute approximate surface area is 124 Å². The highest BCUT2D eigenvalue weighted by Crippen LogP contribution is 2.38. The van der Waals surface area contributed by atoms with Crippen molar-refractivity contribution in [3.8, 4) is 5.75 Å². The monoisotopic (exact) mass is 296 g/mol. The third-order valence-electron chi connectivity index (χ3n) is 4.50. The Morgan fingerprint density at radius 1 is 1.33 bits per heavy atom. The quantitative estimate of drug-likeness (QED) is 0.902. The summed E-state index contributed by atoms with van der Waals surface area (Å²) in [5.41, 5.74) is 0.789. The number of alkyl halides is 2. The third-order valence-corrected chi connectivity index (χ3v) is 4.50. The van der Waals surface area contributed by atoms with Crippen molar-refractivity contribution in [2.75, 3.05) is 18.0 Å². The first-order valence-corrected chi connectivity index (χ1v) is 7.73. The van der Waals surface area contributed by atoms with Gasteiger partial charge in [0.2, 0.25) is 0 Å². The van der Waals surface area contributed by atoms with Crippen LogP contribution in [0, 0.1) is 5.92 Å². The lowest BCUT2D eigenvalue weighted by molar-refractivity contribution is -0.0495. The van der Waals surface area contributed by atoms with Gasteiger partial charge in [0.1, 0.15) is 5.75 Å². The molecule has 1 aromatic carbocycles. The first-order valence-electron chi connectivity index (χ1n) is 7.73. The predicted octanol–water partition coefficient (Wildman–Crippen LogP) is 3.25. The van der Waals surface area contributed by atoms with E-state index in [2.05, 4.69) is 17.1 Å². The van der Waals surface area contributed by atoms with Crippen LogP contribution in [0.1, 0.15) is 26.2 Å². The molecule has 1 saturated heterocycles. The van der Waals surface area contributed by atoms with E-state index >= 15 is 0 Å². The minimum absolute atomic E-state index is 0.280. The van der Waals surface area contributed by atoms with Gasteiger partial charge in [-0.1, -0.05) is 19.1 Å². The molecular weight excluding hydrogens is 274 g/mol. The van der Waals surface area contributed by atoms with Gasteiger partial charge in [-0.25, -0.2) is 0 Å². The van der Waals surface area contributed by atoms with Crippen LogP contribution in [-0.2, 0) is 0 Å². The summed E-state index contributed by atoms with van der Waals surface area (Å²) >= 11 is 0. The smallest absolute Gasteiger partial charge is 0.387 e. The SMILES string of the molecule is CCC1CNC(C2CC2)CN1c1ccccc1OC(F)F. The number of piperazine rings is 1. The Hall–Kier alpha value is -1.36. The molecule has 3 nitrogen and oxygen atoms in total. The molecule has 2 atom stereocenters. The van der Waals surface area contributed by atoms with Gasteiger partial charge < -0.3 is 15.0 Å². The van der Waals surface area contributed by atoms with Crippen molar-refractivity contribution in [3.63, 3.8) is 0 Å². The molecule has 1 saturated carbocycles. The molecular formula is C16H22F2N2O. The van der Waals surface area contributed by atoms with E-state index in [1.54, 1.807) is 12.1 Å². The van der Waals surface area contributed by atoms with Gasteiger partial charge in [-0.15, -0.1) is 0 Å². The van der Waals surface area contributed by atoms with E-state index in [0.29, 0.717) is 12.1 Å². The van der Waals surface area contributed by atoms with Crippen LogP contribution >= 0.6 is 0 Å². The number of nitrogens with one attached hydrogen (secondary N) is 1. The number of rotatable bonds is 5. The number of hydrogen-bond acceptors (Lipinski definition) is 3. The standard InChI is InChI=1S/C16H22F2N2O/c1-2-12-9-19-13(11-7-8-11)10-20(12)14-5-3-4-6-15(14)21-16(17)18/h3-6,11-13,16,19H,2,7-10H2,1H3. The zero-order chi connectivity index (χ0) is 14.8. The fraction of sp³-hybridized carbons (Fsp3) is 0.625. The maximum absolute atomic E-state index is 12.6. The van der Waals surface area contributed by atoms with Crippen LogP contribution in [0.5, 0.6) is 5.75 Å². The van der Waals surface area contributed by atoms with Crippen LogP contribution in [0.15, 0.2) is 24.3 Å². The van der Waals surface area contributed by atoms with E-state index < -0.39 is 6.61 Å². The third kappa shape index (κ3) is 3.28. The molecule has 0 aromatic heterocycles. The highest BCUT2D eigenvalue weighted by molar-refractivity contribution is 5.59. The molecule has 2 fully saturated rings. The van der Waals surface area contributed by atoms with Crippen molar-refractivity contribution in [2.24, 2.45) is 5.92 Å². The molecule has 0 bridgehead atoms. The molecule has 1 heterocycles. The molecule has 116 valence electrons. The van der Waals surface area contributed by atoms with Crippen LogP contribution in [0.25, 0.3) is 0 Å². The van der Waals surface area contributed by atoms with Crippen molar-refractivity contribution < 1.29 is 13.5 Å². The van der Waals surface area contributed by atoms with Gasteiger partial charge in [0, 0.05) is 25.2 Å². The van der Waals surface area contributed by atoms with E-state index in [9.17, 15) is 8.78 Å². The first-order chi connectivity index (χ1) is 10.2. The number of ether oxygens (including phenoxy) is 1. The average Bonchev–Trinajstić information content (AvgIpc) is 3.31. The molecule has 21 heavy (non-hydrogen) atoms. The second kappa shape index (κ2) is 6.18. The van der Waals surface area contributed by atoms with Gasteiger partial charge in [-0.3, -0.25) is 0 Å². The summed E-state index contributed by atoms with van der Waals surface area (Å²) in [7, 11) is 0. The molecule has 2 aliphatic rings. The van der Waals surface area contributed by atoms with E-state index in [-0.39, 0.29) is 5.75 Å². The van der Waals surface area contributed by atoms with Crippen LogP contribution in [-0.4, -0.2) is 31.8 Å². The predicted molar refractivity (Wildman–Crippen MR) is 79.0 cm³/mol. The van der Waals surface area contributed by atoms with Gasteiger partial charge in [0.05, 0.1) is 5.69 Å². The van der Waals surface area contributed by atoms with Gasteiger partial charge in [0.25, 0.3) is 0 Å². The van der Waals surface area contributed by atoms with E-state index in [1.807, 2.05) is 12.1 Å². The molecule has 3 rings (SSSR count). The normalized spacial score (nSPS) is 26.2. The Bertz CT molecular complexity index is 479. The minimum atomic E-state index is -2.78. The molecule has 0 amide bonds. The molecule has 2 unspecified atom stereocenters. The molecule has 1 aromatic rings. The number of nitrogens with zero attached hydrogens (tertiary/aromatic N) is 1. The van der Waals surface area contributed by atoms with Crippen LogP contribution in [0.2, 0.25) is 0 Å². The Morgan fingerprint density at radius 2 is 2.10 bits per heavy atom. The molecule has 0 spiro atoms. The Morgan fingerprint density at radius 3 is 2.76 bits per heavy atom. The number of benzene rings is 1. The highest BCUT2D eigenvalue weighted by Gasteiger charge is 2.37. The largest absolute Gasteiger partial charge is 0.433 e. The van der Waals surface area contributed by atoms with E-state index in [1.165, 1.54) is 12.8 Å². The van der Waals surface area contributed by atoms with Crippen molar-refractivity contribution in [2.45, 2.75) is 44.9 Å². The minimum Gasteiger partial charge on any atom is -0.433 e. The fourth-order valence-corrected chi connectivity index (χ4v) is 3.19. The summed E-state index contributed by atoms with van der Waals surface area (Å²) in [5.74, 6) is 1.02. The number of para-hydroxylation sites is 2. The lowest BCUT2D eigenvalue weighted by atomic mass is 10.0. The zero-order valence-corrected chi connectivity index (χ0v) is 12.3. The van der Waals surface area contributed by atoms with Gasteiger partial charge in [-0.05, 0) is 37.3 Å². The number of halogens is 2. The van der Waals surface area contributed by atoms with Gasteiger partial charge in [0.15, 0.2) is 0 Å². The molecule has 1 aliphatic carbocycles. The van der Waals surface area contributed by atoms with Gasteiger partial charge >= 0.3 is 6.61 Å². The summed E-state index contributed by atoms with van der Waals surface area (Å²) in [6.45, 7) is 1.12. The fourth-order valence-electron chi connectivity index (χ4n) is 3.19. The maximum Gasteiger partial charge on any atom is 0.387 e. The van der Waals surface area contributed by atoms with Gasteiger partial charge in [-0.2, -0.15) is 8.78 Å². The van der Waals surface area contributed by atoms with Crippen molar-refractivity contribution >= 4 is 5.69 Å². The van der Waals surface area contributed by atoms with Crippen LogP contribution in [0.4, 0.5) is 14.5 Å². The van der Waals surface area contributed by atoms with E-state index in [0.717, 1.165) is 31.1 Å². The maximum atomic E-state index is 12.6. The summed E-state index contributed by atoms with van der Waals surface area (Å²) < 4.78 is 29.9. The lowest BCUT2D eigenvalue weighted by Gasteiger charge is -2.42. The second-order valence-corrected chi connectivity index (χ2v) is 5.91. The summed E-state index contributed by atoms with van der Waals surface area (Å²) in [4.78, 5) is 2.25. The zero-order valence-electron chi connectivity index (χ0n) is 12.3. The molecule has 0 radical (unpaired) electrons. The molecule has 1 N–H and O–H groups in total. The topological polar surface area (TPSA) is 24.5 Å². The Kier molecular flexibility index (Phi) is 4.29. The van der Waals surface area contributed by atoms with Crippen molar-refractivity contribution in [3.05, 3.63) is 24.3 Å². The summed E-state index contributed by atoms with van der Waals surface area (Å²) in [6, 6.07) is 7.92. The first kappa shape index (κ1) is 14.6. The van der Waals surface area contributed by atoms with Crippen LogP contribution in [0.3, 0.4) is 0 Å². The number of hydrogen-bond donors (Lipinski definition) is 1. The summed E-state index contributed by atoms with van der Waals surface area (Å²) in [5, 5.41) is 3.61. The van der Waals surface area contributed by atoms with Crippen LogP contribution < -0.4 is 15.0 Å². The lowest BCUT2D eigenvalue weighted by Crippen LogP contribution is -2.57. The Balaban J connectivity index is 1.84. The molecule has 5 heteroatoms. The average molecular weight is 296 g/mol. The molecule has 1 aliphatic heterocycles. The highest BCUT2D eigenvalue weighted by atomic mass is 19.3. The number of anilines is 1. The summed E-state index contributed by atoms with van der Waals surface area (Å²) in [6.07, 6.45) is 3.53. The van der Waals surface area contributed by atoms with Crippen molar-refractivity contribution in [1.82, 2.24) is 5.32 Å².